The van der Waals surface area contributed by atoms with Crippen LogP contribution in [0.3, 0.4) is 0 Å². The molecule has 120 valence electrons. The SMILES string of the molecule is O=C(NCC1CCCO1)Nc1ccccc1SC1CCCC1. The number of urea groups is 1. The van der Waals surface area contributed by atoms with Crippen molar-refractivity contribution in [3.63, 3.8) is 0 Å². The van der Waals surface area contributed by atoms with E-state index in [0.717, 1.165) is 25.1 Å². The first-order valence-electron chi connectivity index (χ1n) is 8.23. The number of para-hydroxylation sites is 1. The minimum absolute atomic E-state index is 0.144. The van der Waals surface area contributed by atoms with E-state index in [9.17, 15) is 4.79 Å². The summed E-state index contributed by atoms with van der Waals surface area (Å²) in [4.78, 5) is 13.2. The van der Waals surface area contributed by atoms with E-state index in [1.165, 1.54) is 30.6 Å². The normalized spacial score (nSPS) is 21.9. The number of hydrogen-bond donors (Lipinski definition) is 2. The number of nitrogens with one attached hydrogen (secondary N) is 2. The zero-order valence-electron chi connectivity index (χ0n) is 12.8. The number of hydrogen-bond acceptors (Lipinski definition) is 3. The third-order valence-electron chi connectivity index (χ3n) is 4.25. The molecule has 2 N–H and O–H groups in total. The van der Waals surface area contributed by atoms with Crippen LogP contribution in [0.15, 0.2) is 29.2 Å². The molecule has 22 heavy (non-hydrogen) atoms. The molecule has 0 spiro atoms. The van der Waals surface area contributed by atoms with Gasteiger partial charge in [-0.1, -0.05) is 25.0 Å². The van der Waals surface area contributed by atoms with Crippen LogP contribution in [-0.2, 0) is 4.74 Å². The van der Waals surface area contributed by atoms with Gasteiger partial charge in [0.2, 0.25) is 0 Å². The van der Waals surface area contributed by atoms with Gasteiger partial charge in [0.1, 0.15) is 0 Å². The Bertz CT molecular complexity index is 497. The molecule has 1 heterocycles. The minimum Gasteiger partial charge on any atom is -0.376 e. The highest BCUT2D eigenvalue weighted by Crippen LogP contribution is 2.37. The third-order valence-corrected chi connectivity index (χ3v) is 5.66. The summed E-state index contributed by atoms with van der Waals surface area (Å²) in [7, 11) is 0. The summed E-state index contributed by atoms with van der Waals surface area (Å²) in [6.45, 7) is 1.40. The van der Waals surface area contributed by atoms with Crippen LogP contribution in [0.4, 0.5) is 10.5 Å². The van der Waals surface area contributed by atoms with Gasteiger partial charge in [0.25, 0.3) is 0 Å². The zero-order chi connectivity index (χ0) is 15.2. The number of ether oxygens (including phenoxy) is 1. The van der Waals surface area contributed by atoms with Crippen LogP contribution in [-0.4, -0.2) is 30.5 Å². The molecule has 1 saturated carbocycles. The molecule has 0 bridgehead atoms. The van der Waals surface area contributed by atoms with Gasteiger partial charge < -0.3 is 15.4 Å². The summed E-state index contributed by atoms with van der Waals surface area (Å²) in [6.07, 6.45) is 7.52. The van der Waals surface area contributed by atoms with Crippen molar-refractivity contribution < 1.29 is 9.53 Å². The van der Waals surface area contributed by atoms with E-state index in [1.54, 1.807) is 0 Å². The monoisotopic (exact) mass is 320 g/mol. The lowest BCUT2D eigenvalue weighted by molar-refractivity contribution is 0.112. The molecule has 1 aliphatic heterocycles. The topological polar surface area (TPSA) is 50.4 Å². The molecule has 1 aliphatic carbocycles. The van der Waals surface area contributed by atoms with Crippen molar-refractivity contribution in [1.29, 1.82) is 0 Å². The zero-order valence-corrected chi connectivity index (χ0v) is 13.7. The van der Waals surface area contributed by atoms with E-state index < -0.39 is 0 Å². The minimum atomic E-state index is -0.144. The van der Waals surface area contributed by atoms with Gasteiger partial charge in [-0.2, -0.15) is 0 Å². The first kappa shape index (κ1) is 15.7. The van der Waals surface area contributed by atoms with Crippen molar-refractivity contribution in [3.8, 4) is 0 Å². The number of anilines is 1. The molecule has 1 unspecified atom stereocenters. The number of carbonyl (C=O) groups excluding carboxylic acids is 1. The van der Waals surface area contributed by atoms with Crippen molar-refractivity contribution in [2.75, 3.05) is 18.5 Å². The Morgan fingerprint density at radius 2 is 2.00 bits per heavy atom. The Hall–Kier alpha value is -1.20. The molecular weight excluding hydrogens is 296 g/mol. The average Bonchev–Trinajstić information content (AvgIpc) is 3.20. The van der Waals surface area contributed by atoms with Crippen molar-refractivity contribution in [3.05, 3.63) is 24.3 Å². The Balaban J connectivity index is 1.53. The predicted octanol–water partition coefficient (Wildman–Crippen LogP) is 4.02. The lowest BCUT2D eigenvalue weighted by atomic mass is 10.2. The smallest absolute Gasteiger partial charge is 0.319 e. The Kier molecular flexibility index (Phi) is 5.62. The second-order valence-electron chi connectivity index (χ2n) is 5.99. The van der Waals surface area contributed by atoms with Crippen molar-refractivity contribution in [2.45, 2.75) is 54.8 Å². The summed E-state index contributed by atoms with van der Waals surface area (Å²) in [6, 6.07) is 7.93. The molecule has 2 aliphatic rings. The first-order valence-corrected chi connectivity index (χ1v) is 9.11. The van der Waals surface area contributed by atoms with E-state index >= 15 is 0 Å². The molecule has 4 nitrogen and oxygen atoms in total. The van der Waals surface area contributed by atoms with E-state index in [-0.39, 0.29) is 12.1 Å². The fourth-order valence-corrected chi connectivity index (χ4v) is 4.37. The first-order chi connectivity index (χ1) is 10.8. The molecule has 3 rings (SSSR count). The molecule has 5 heteroatoms. The van der Waals surface area contributed by atoms with Gasteiger partial charge >= 0.3 is 6.03 Å². The number of benzene rings is 1. The quantitative estimate of drug-likeness (QED) is 0.861. The molecule has 0 radical (unpaired) electrons. The molecule has 2 fully saturated rings. The molecule has 1 atom stereocenters. The Morgan fingerprint density at radius 1 is 1.18 bits per heavy atom. The summed E-state index contributed by atoms with van der Waals surface area (Å²) >= 11 is 1.90. The number of rotatable bonds is 5. The highest BCUT2D eigenvalue weighted by Gasteiger charge is 2.19. The highest BCUT2D eigenvalue weighted by molar-refractivity contribution is 8.00. The largest absolute Gasteiger partial charge is 0.376 e. The Labute approximate surface area is 136 Å². The number of carbonyl (C=O) groups is 1. The van der Waals surface area contributed by atoms with Crippen molar-refractivity contribution in [1.82, 2.24) is 5.32 Å². The van der Waals surface area contributed by atoms with Crippen molar-refractivity contribution >= 4 is 23.5 Å². The summed E-state index contributed by atoms with van der Waals surface area (Å²) in [5, 5.41) is 6.58. The van der Waals surface area contributed by atoms with Gasteiger partial charge in [-0.15, -0.1) is 11.8 Å². The third kappa shape index (κ3) is 4.40. The molecule has 1 saturated heterocycles. The van der Waals surface area contributed by atoms with E-state index in [1.807, 2.05) is 30.0 Å². The van der Waals surface area contributed by atoms with Crippen LogP contribution in [0, 0.1) is 0 Å². The second kappa shape index (κ2) is 7.88. The van der Waals surface area contributed by atoms with Gasteiger partial charge in [0.15, 0.2) is 0 Å². The fourth-order valence-electron chi connectivity index (χ4n) is 3.04. The molecule has 2 amide bonds. The van der Waals surface area contributed by atoms with Crippen LogP contribution < -0.4 is 10.6 Å². The van der Waals surface area contributed by atoms with Crippen LogP contribution in [0.5, 0.6) is 0 Å². The average molecular weight is 320 g/mol. The maximum Gasteiger partial charge on any atom is 0.319 e. The molecule has 0 aromatic heterocycles. The van der Waals surface area contributed by atoms with Gasteiger partial charge in [-0.25, -0.2) is 4.79 Å². The van der Waals surface area contributed by atoms with E-state index in [4.69, 9.17) is 4.74 Å². The van der Waals surface area contributed by atoms with Gasteiger partial charge in [0, 0.05) is 23.3 Å². The van der Waals surface area contributed by atoms with E-state index in [2.05, 4.69) is 16.7 Å². The van der Waals surface area contributed by atoms with E-state index in [0.29, 0.717) is 11.8 Å². The molecule has 1 aromatic carbocycles. The number of amides is 2. The van der Waals surface area contributed by atoms with Gasteiger partial charge in [0.05, 0.1) is 11.8 Å². The van der Waals surface area contributed by atoms with Crippen molar-refractivity contribution in [2.24, 2.45) is 0 Å². The lowest BCUT2D eigenvalue weighted by Crippen LogP contribution is -2.35. The Morgan fingerprint density at radius 3 is 2.77 bits per heavy atom. The number of thioether (sulfide) groups is 1. The standard InChI is InChI=1S/C17H24N2O2S/c20-17(18-12-13-6-5-11-21-13)19-15-9-3-4-10-16(15)22-14-7-1-2-8-14/h3-4,9-10,13-14H,1-2,5-8,11-12H2,(H2,18,19,20). The summed E-state index contributed by atoms with van der Waals surface area (Å²) < 4.78 is 5.52. The van der Waals surface area contributed by atoms with Crippen LogP contribution in [0.1, 0.15) is 38.5 Å². The molecular formula is C17H24N2O2S. The maximum atomic E-state index is 12.1. The summed E-state index contributed by atoms with van der Waals surface area (Å²) in [5.41, 5.74) is 0.907. The fraction of sp³-hybridized carbons (Fsp3) is 0.588. The summed E-state index contributed by atoms with van der Waals surface area (Å²) in [5.74, 6) is 0. The predicted molar refractivity (Wildman–Crippen MR) is 90.6 cm³/mol. The maximum absolute atomic E-state index is 12.1. The second-order valence-corrected chi connectivity index (χ2v) is 7.33. The van der Waals surface area contributed by atoms with Gasteiger partial charge in [-0.05, 0) is 37.8 Å². The van der Waals surface area contributed by atoms with Crippen LogP contribution in [0.25, 0.3) is 0 Å². The highest BCUT2D eigenvalue weighted by atomic mass is 32.2. The van der Waals surface area contributed by atoms with Crippen LogP contribution >= 0.6 is 11.8 Å². The van der Waals surface area contributed by atoms with Gasteiger partial charge in [-0.3, -0.25) is 0 Å². The van der Waals surface area contributed by atoms with Crippen LogP contribution in [0.2, 0.25) is 0 Å². The molecule has 1 aromatic rings. The lowest BCUT2D eigenvalue weighted by Gasteiger charge is -2.15.